The average molecular weight is 791 g/mol. The van der Waals surface area contributed by atoms with Crippen molar-refractivity contribution in [2.75, 3.05) is 0 Å². The third kappa shape index (κ3) is 7.20. The molecule has 0 spiro atoms. The van der Waals surface area contributed by atoms with Crippen LogP contribution in [0.1, 0.15) is 58.8 Å². The highest BCUT2D eigenvalue weighted by molar-refractivity contribution is 5.73. The SMILES string of the molecule is CCC(C(=O)OC1CC(C(O)(C(F)(F)F)C(F)(F)F)CC(C(O)(C(F)(F)F)C(F)(F)F)C1)C1C2CC(CC(O)(C(F)(F)F)C(F)(F)F)C(C2)C1C. The first-order valence-corrected chi connectivity index (χ1v) is 15.3. The smallest absolute Gasteiger partial charge is 0.426 e. The molecule has 3 N–H and O–H groups in total. The number of carbonyl (C=O) groups is 1. The van der Waals surface area contributed by atoms with Crippen LogP contribution >= 0.6 is 0 Å². The van der Waals surface area contributed by atoms with Crippen LogP contribution in [0.5, 0.6) is 0 Å². The molecule has 0 amide bonds. The van der Waals surface area contributed by atoms with E-state index in [2.05, 4.69) is 0 Å². The fourth-order valence-electron chi connectivity index (χ4n) is 8.72. The lowest BCUT2D eigenvalue weighted by molar-refractivity contribution is -0.405. The van der Waals surface area contributed by atoms with Crippen LogP contribution in [0.4, 0.5) is 79.0 Å². The van der Waals surface area contributed by atoms with Crippen molar-refractivity contribution in [1.29, 1.82) is 0 Å². The van der Waals surface area contributed by atoms with Crippen LogP contribution in [0.3, 0.4) is 0 Å². The van der Waals surface area contributed by atoms with Crippen LogP contribution in [0.2, 0.25) is 0 Å². The Hall–Kier alpha value is -1.91. The first-order valence-electron chi connectivity index (χ1n) is 15.3. The van der Waals surface area contributed by atoms with E-state index in [0.29, 0.717) is 0 Å². The summed E-state index contributed by atoms with van der Waals surface area (Å²) in [5.41, 5.74) is -17.0. The number of ether oxygens (including phenoxy) is 1. The van der Waals surface area contributed by atoms with Gasteiger partial charge in [0.2, 0.25) is 0 Å². The maximum atomic E-state index is 13.7. The van der Waals surface area contributed by atoms with Crippen molar-refractivity contribution in [2.24, 2.45) is 47.3 Å². The number of carbonyl (C=O) groups excluding carboxylic acids is 1. The number of hydrogen-bond donors (Lipinski definition) is 3. The first-order chi connectivity index (χ1) is 22.5. The van der Waals surface area contributed by atoms with Crippen LogP contribution in [-0.4, -0.2) is 81.3 Å². The maximum absolute atomic E-state index is 13.7. The average Bonchev–Trinajstić information content (AvgIpc) is 3.46. The Bertz CT molecular complexity index is 1160. The summed E-state index contributed by atoms with van der Waals surface area (Å²) in [6.07, 6.45) is -50.6. The number of esters is 1. The van der Waals surface area contributed by atoms with Crippen molar-refractivity contribution in [3.05, 3.63) is 0 Å². The molecule has 0 aromatic rings. The van der Waals surface area contributed by atoms with Gasteiger partial charge in [0.25, 0.3) is 16.8 Å². The molecular formula is C28H32F18O5. The summed E-state index contributed by atoms with van der Waals surface area (Å²) in [6.45, 7) is 2.54. The van der Waals surface area contributed by atoms with Gasteiger partial charge in [-0.05, 0) is 74.5 Å². The normalized spacial score (nSPS) is 31.2. The van der Waals surface area contributed by atoms with Crippen molar-refractivity contribution in [3.63, 3.8) is 0 Å². The topological polar surface area (TPSA) is 87.0 Å². The number of fused-ring (bicyclic) bond motifs is 2. The molecule has 51 heavy (non-hydrogen) atoms. The highest BCUT2D eigenvalue weighted by Gasteiger charge is 2.79. The molecular weight excluding hydrogens is 758 g/mol. The van der Waals surface area contributed by atoms with Gasteiger partial charge in [0.15, 0.2) is 0 Å². The van der Waals surface area contributed by atoms with E-state index in [4.69, 9.17) is 4.74 Å². The fourth-order valence-corrected chi connectivity index (χ4v) is 8.72. The largest absolute Gasteiger partial charge is 0.462 e. The van der Waals surface area contributed by atoms with E-state index in [1.54, 1.807) is 0 Å². The Balaban J connectivity index is 1.96. The lowest BCUT2D eigenvalue weighted by atomic mass is 9.65. The molecule has 2 bridgehead atoms. The van der Waals surface area contributed by atoms with Gasteiger partial charge in [-0.1, -0.05) is 13.8 Å². The van der Waals surface area contributed by atoms with Gasteiger partial charge < -0.3 is 20.1 Å². The first kappa shape index (κ1) is 43.5. The quantitative estimate of drug-likeness (QED) is 0.171. The minimum atomic E-state index is -6.76. The molecule has 0 aromatic carbocycles. The lowest BCUT2D eigenvalue weighted by Crippen LogP contribution is -2.67. The van der Waals surface area contributed by atoms with Gasteiger partial charge in [0.05, 0.1) is 5.92 Å². The Morgan fingerprint density at radius 3 is 1.33 bits per heavy atom. The van der Waals surface area contributed by atoms with Gasteiger partial charge in [0.1, 0.15) is 6.10 Å². The molecule has 3 aliphatic rings. The van der Waals surface area contributed by atoms with Crippen molar-refractivity contribution < 1.29 is 104 Å². The molecule has 0 radical (unpaired) electrons. The number of halogens is 18. The molecule has 23 heteroatoms. The second-order valence-corrected chi connectivity index (χ2v) is 13.9. The summed E-state index contributed by atoms with van der Waals surface area (Å²) in [6, 6.07) is 0. The maximum Gasteiger partial charge on any atom is 0.426 e. The highest BCUT2D eigenvalue weighted by Crippen LogP contribution is 2.62. The molecule has 3 fully saturated rings. The molecule has 5 nitrogen and oxygen atoms in total. The second kappa shape index (κ2) is 13.1. The van der Waals surface area contributed by atoms with E-state index in [9.17, 15) is 99.1 Å². The zero-order chi connectivity index (χ0) is 39.9. The summed E-state index contributed by atoms with van der Waals surface area (Å²) >= 11 is 0. The summed E-state index contributed by atoms with van der Waals surface area (Å²) in [5, 5.41) is 29.5. The second-order valence-electron chi connectivity index (χ2n) is 13.9. The Morgan fingerprint density at radius 1 is 0.627 bits per heavy atom. The van der Waals surface area contributed by atoms with Gasteiger partial charge >= 0.3 is 43.0 Å². The molecule has 0 heterocycles. The van der Waals surface area contributed by atoms with E-state index in [1.807, 2.05) is 0 Å². The minimum absolute atomic E-state index is 0.103. The molecule has 0 saturated heterocycles. The van der Waals surface area contributed by atoms with E-state index in [0.717, 1.165) is 0 Å². The molecule has 0 aliphatic heterocycles. The monoisotopic (exact) mass is 790 g/mol. The third-order valence-electron chi connectivity index (χ3n) is 11.2. The molecule has 3 saturated carbocycles. The van der Waals surface area contributed by atoms with Crippen molar-refractivity contribution in [3.8, 4) is 0 Å². The predicted octanol–water partition coefficient (Wildman–Crippen LogP) is 8.21. The van der Waals surface area contributed by atoms with Gasteiger partial charge in [-0.15, -0.1) is 0 Å². The fraction of sp³-hybridized carbons (Fsp3) is 0.964. The summed E-state index contributed by atoms with van der Waals surface area (Å²) in [7, 11) is 0. The minimum Gasteiger partial charge on any atom is -0.462 e. The standard InChI is InChI=1S/C28H32F18O5/c1-3-16(18-10(2)17-5-11(18)4-12(17)9-20(48,23(29,30)31)24(32,33)34)19(47)51-15-7-13(21(49,25(35,36)37)26(38,39)40)6-14(8-15)22(50,27(41,42)43)28(44,45)46/h10-18,48-50H,3-9H2,1-2H3. The van der Waals surface area contributed by atoms with Gasteiger partial charge in [-0.2, -0.15) is 79.0 Å². The summed E-state index contributed by atoms with van der Waals surface area (Å²) < 4.78 is 250. The Kier molecular flexibility index (Phi) is 11.2. The highest BCUT2D eigenvalue weighted by atomic mass is 19.4. The lowest BCUT2D eigenvalue weighted by Gasteiger charge is -2.48. The number of alkyl halides is 18. The van der Waals surface area contributed by atoms with Crippen molar-refractivity contribution in [1.82, 2.24) is 0 Å². The Labute approximate surface area is 276 Å². The van der Waals surface area contributed by atoms with E-state index >= 15 is 0 Å². The van der Waals surface area contributed by atoms with Crippen molar-refractivity contribution >= 4 is 5.97 Å². The number of hydrogen-bond acceptors (Lipinski definition) is 5. The summed E-state index contributed by atoms with van der Waals surface area (Å²) in [4.78, 5) is 13.4. The van der Waals surface area contributed by atoms with Crippen LogP contribution in [0, 0.1) is 47.3 Å². The molecule has 8 unspecified atom stereocenters. The van der Waals surface area contributed by atoms with Crippen LogP contribution < -0.4 is 0 Å². The van der Waals surface area contributed by atoms with Crippen LogP contribution in [-0.2, 0) is 9.53 Å². The number of aliphatic hydroxyl groups is 3. The zero-order valence-electron chi connectivity index (χ0n) is 26.1. The molecule has 3 aliphatic carbocycles. The summed E-state index contributed by atoms with van der Waals surface area (Å²) in [5.74, 6) is -15.5. The van der Waals surface area contributed by atoms with Gasteiger partial charge in [0, 0.05) is 11.8 Å². The predicted molar refractivity (Wildman–Crippen MR) is 133 cm³/mol. The van der Waals surface area contributed by atoms with E-state index in [-0.39, 0.29) is 12.8 Å². The van der Waals surface area contributed by atoms with E-state index in [1.165, 1.54) is 13.8 Å². The molecule has 0 aromatic heterocycles. The molecule has 300 valence electrons. The zero-order valence-corrected chi connectivity index (χ0v) is 26.1. The van der Waals surface area contributed by atoms with E-state index < -0.39 is 145 Å². The van der Waals surface area contributed by atoms with Gasteiger partial charge in [-0.25, -0.2) is 0 Å². The van der Waals surface area contributed by atoms with Crippen LogP contribution in [0.15, 0.2) is 0 Å². The third-order valence-corrected chi connectivity index (χ3v) is 11.2. The number of rotatable bonds is 8. The molecule has 8 atom stereocenters. The van der Waals surface area contributed by atoms with Gasteiger partial charge in [-0.3, -0.25) is 4.79 Å². The van der Waals surface area contributed by atoms with Crippen LogP contribution in [0.25, 0.3) is 0 Å². The Morgan fingerprint density at radius 2 is 1.02 bits per heavy atom. The van der Waals surface area contributed by atoms with Crippen molar-refractivity contribution in [2.45, 2.75) is 119 Å². The molecule has 3 rings (SSSR count).